The normalized spacial score (nSPS) is 9.31. The minimum Gasteiger partial charge on any atom is -0.312 e. The summed E-state index contributed by atoms with van der Waals surface area (Å²) in [6, 6.07) is 5.11. The summed E-state index contributed by atoms with van der Waals surface area (Å²) < 4.78 is 0. The van der Waals surface area contributed by atoms with E-state index < -0.39 is 11.0 Å². The monoisotopic (exact) mass is 221 g/mol. The molecule has 0 heterocycles. The van der Waals surface area contributed by atoms with Crippen LogP contribution in [0.2, 0.25) is 0 Å². The number of allylic oxidation sites excluding steroid dienone is 1. The van der Waals surface area contributed by atoms with Gasteiger partial charge in [-0.05, 0) is 19.1 Å². The fourth-order valence-corrected chi connectivity index (χ4v) is 1.02. The van der Waals surface area contributed by atoms with Gasteiger partial charge in [-0.2, -0.15) is 0 Å². The molecular weight excluding hydrogens is 210 g/mol. The molecule has 6 heteroatoms. The van der Waals surface area contributed by atoms with E-state index in [0.29, 0.717) is 11.4 Å². The second kappa shape index (κ2) is 4.92. The highest BCUT2D eigenvalue weighted by atomic mass is 16.6. The Kier molecular flexibility index (Phi) is 3.60. The molecule has 1 aromatic carbocycles. The number of carbonyl (C=O) groups excluding carboxylic acids is 1. The first-order valence-corrected chi connectivity index (χ1v) is 4.47. The lowest BCUT2D eigenvalue weighted by Gasteiger charge is -2.06. The Balaban J connectivity index is 2.65. The van der Waals surface area contributed by atoms with Gasteiger partial charge in [-0.15, -0.1) is 0 Å². The molecule has 0 unspecified atom stereocenters. The number of non-ortho nitro benzene ring substituents is 1. The predicted octanol–water partition coefficient (Wildman–Crippen LogP) is 2.25. The molecule has 0 atom stereocenters. The molecule has 0 aliphatic carbocycles. The summed E-state index contributed by atoms with van der Waals surface area (Å²) in [5, 5.41) is 15.3. The van der Waals surface area contributed by atoms with Crippen molar-refractivity contribution in [3.8, 4) is 0 Å². The third-order valence-corrected chi connectivity index (χ3v) is 1.66. The molecule has 0 aromatic heterocycles. The summed E-state index contributed by atoms with van der Waals surface area (Å²) in [6.45, 7) is 5.16. The molecule has 0 aliphatic heterocycles. The summed E-state index contributed by atoms with van der Waals surface area (Å²) in [6.07, 6.45) is 0. The third-order valence-electron chi connectivity index (χ3n) is 1.66. The summed E-state index contributed by atoms with van der Waals surface area (Å²) in [5.41, 5.74) is 0.967. The van der Waals surface area contributed by atoms with E-state index in [0.717, 1.165) is 0 Å². The largest absolute Gasteiger partial charge is 0.323 e. The van der Waals surface area contributed by atoms with Gasteiger partial charge in [0.2, 0.25) is 0 Å². The van der Waals surface area contributed by atoms with E-state index in [1.165, 1.54) is 24.3 Å². The lowest BCUT2D eigenvalue weighted by Crippen LogP contribution is -2.26. The maximum absolute atomic E-state index is 11.2. The molecule has 0 radical (unpaired) electrons. The molecule has 0 saturated carbocycles. The molecule has 84 valence electrons. The van der Waals surface area contributed by atoms with Crippen LogP contribution >= 0.6 is 0 Å². The van der Waals surface area contributed by atoms with Crippen LogP contribution in [-0.4, -0.2) is 11.0 Å². The summed E-state index contributed by atoms with van der Waals surface area (Å²) in [7, 11) is 0. The van der Waals surface area contributed by atoms with Crippen molar-refractivity contribution in [2.75, 3.05) is 5.32 Å². The number of amides is 2. The summed E-state index contributed by atoms with van der Waals surface area (Å²) >= 11 is 0. The van der Waals surface area contributed by atoms with Crippen LogP contribution in [0.1, 0.15) is 6.92 Å². The molecule has 0 spiro atoms. The number of rotatable bonds is 3. The maximum Gasteiger partial charge on any atom is 0.323 e. The van der Waals surface area contributed by atoms with Crippen molar-refractivity contribution in [3.05, 3.63) is 46.7 Å². The Morgan fingerprint density at radius 3 is 2.38 bits per heavy atom. The highest BCUT2D eigenvalue weighted by Gasteiger charge is 2.05. The minimum absolute atomic E-state index is 0.0224. The lowest BCUT2D eigenvalue weighted by atomic mass is 10.3. The van der Waals surface area contributed by atoms with Gasteiger partial charge in [0, 0.05) is 23.5 Å². The molecule has 1 aromatic rings. The SMILES string of the molecule is C=C(C)NC(=O)Nc1ccc([N+](=O)[O-])cc1. The molecule has 0 saturated heterocycles. The van der Waals surface area contributed by atoms with Crippen LogP contribution in [0.4, 0.5) is 16.2 Å². The van der Waals surface area contributed by atoms with Gasteiger partial charge >= 0.3 is 6.03 Å². The van der Waals surface area contributed by atoms with Gasteiger partial charge in [0.05, 0.1) is 4.92 Å². The van der Waals surface area contributed by atoms with Crippen molar-refractivity contribution in [2.24, 2.45) is 0 Å². The van der Waals surface area contributed by atoms with E-state index >= 15 is 0 Å². The van der Waals surface area contributed by atoms with Gasteiger partial charge in [0.25, 0.3) is 5.69 Å². The number of nitro benzene ring substituents is 1. The van der Waals surface area contributed by atoms with Crippen LogP contribution in [-0.2, 0) is 0 Å². The number of nitro groups is 1. The van der Waals surface area contributed by atoms with E-state index in [2.05, 4.69) is 17.2 Å². The Morgan fingerprint density at radius 2 is 1.94 bits per heavy atom. The van der Waals surface area contributed by atoms with Crippen LogP contribution < -0.4 is 10.6 Å². The number of anilines is 1. The number of carbonyl (C=O) groups is 1. The molecule has 0 aliphatic rings. The second-order valence-electron chi connectivity index (χ2n) is 3.16. The minimum atomic E-state index is -0.502. The fourth-order valence-electron chi connectivity index (χ4n) is 1.02. The van der Waals surface area contributed by atoms with Crippen LogP contribution in [0.25, 0.3) is 0 Å². The molecule has 1 rings (SSSR count). The van der Waals surface area contributed by atoms with Crippen molar-refractivity contribution >= 4 is 17.4 Å². The highest BCUT2D eigenvalue weighted by molar-refractivity contribution is 5.90. The number of benzene rings is 1. The van der Waals surface area contributed by atoms with Crippen molar-refractivity contribution < 1.29 is 9.72 Å². The van der Waals surface area contributed by atoms with Crippen LogP contribution in [0.3, 0.4) is 0 Å². The molecule has 2 amide bonds. The number of nitrogens with one attached hydrogen (secondary N) is 2. The first-order valence-electron chi connectivity index (χ1n) is 4.47. The molecule has 0 fully saturated rings. The highest BCUT2D eigenvalue weighted by Crippen LogP contribution is 2.15. The Bertz CT molecular complexity index is 425. The van der Waals surface area contributed by atoms with Crippen LogP contribution in [0.5, 0.6) is 0 Å². The molecule has 16 heavy (non-hydrogen) atoms. The predicted molar refractivity (Wildman–Crippen MR) is 60.1 cm³/mol. The van der Waals surface area contributed by atoms with Crippen LogP contribution in [0, 0.1) is 10.1 Å². The molecule has 6 nitrogen and oxygen atoms in total. The number of urea groups is 1. The zero-order chi connectivity index (χ0) is 12.1. The molecule has 0 bridgehead atoms. The van der Waals surface area contributed by atoms with Gasteiger partial charge in [0.15, 0.2) is 0 Å². The quantitative estimate of drug-likeness (QED) is 0.606. The van der Waals surface area contributed by atoms with E-state index in [-0.39, 0.29) is 5.69 Å². The zero-order valence-electron chi connectivity index (χ0n) is 8.69. The van der Waals surface area contributed by atoms with E-state index in [1.807, 2.05) is 0 Å². The van der Waals surface area contributed by atoms with Crippen molar-refractivity contribution in [2.45, 2.75) is 6.92 Å². The van der Waals surface area contributed by atoms with Gasteiger partial charge < -0.3 is 10.6 Å². The summed E-state index contributed by atoms with van der Waals surface area (Å²) in [4.78, 5) is 21.1. The molecule has 2 N–H and O–H groups in total. The second-order valence-corrected chi connectivity index (χ2v) is 3.16. The Labute approximate surface area is 92.1 Å². The van der Waals surface area contributed by atoms with Gasteiger partial charge in [-0.3, -0.25) is 10.1 Å². The first kappa shape index (κ1) is 11.7. The topological polar surface area (TPSA) is 84.3 Å². The number of hydrogen-bond donors (Lipinski definition) is 2. The zero-order valence-corrected chi connectivity index (χ0v) is 8.69. The summed E-state index contributed by atoms with van der Waals surface area (Å²) in [5.74, 6) is 0. The average molecular weight is 221 g/mol. The van der Waals surface area contributed by atoms with Crippen molar-refractivity contribution in [3.63, 3.8) is 0 Å². The van der Waals surface area contributed by atoms with Crippen molar-refractivity contribution in [1.82, 2.24) is 5.32 Å². The number of nitrogens with zero attached hydrogens (tertiary/aromatic N) is 1. The van der Waals surface area contributed by atoms with Gasteiger partial charge in [0.1, 0.15) is 0 Å². The first-order chi connectivity index (χ1) is 7.49. The van der Waals surface area contributed by atoms with E-state index in [1.54, 1.807) is 6.92 Å². The van der Waals surface area contributed by atoms with Crippen LogP contribution in [0.15, 0.2) is 36.5 Å². The molecular formula is C10H11N3O3. The Hall–Kier alpha value is -2.37. The fraction of sp³-hybridized carbons (Fsp3) is 0.100. The smallest absolute Gasteiger partial charge is 0.312 e. The maximum atomic E-state index is 11.2. The standard InChI is InChI=1S/C10H11N3O3/c1-7(2)11-10(14)12-8-3-5-9(6-4-8)13(15)16/h3-6H,1H2,2H3,(H2,11,12,14). The van der Waals surface area contributed by atoms with Crippen molar-refractivity contribution in [1.29, 1.82) is 0 Å². The van der Waals surface area contributed by atoms with E-state index in [9.17, 15) is 14.9 Å². The Morgan fingerprint density at radius 1 is 1.38 bits per heavy atom. The lowest BCUT2D eigenvalue weighted by molar-refractivity contribution is -0.384. The van der Waals surface area contributed by atoms with Gasteiger partial charge in [-0.25, -0.2) is 4.79 Å². The number of hydrogen-bond acceptors (Lipinski definition) is 3. The van der Waals surface area contributed by atoms with Gasteiger partial charge in [-0.1, -0.05) is 6.58 Å². The third kappa shape index (κ3) is 3.41. The average Bonchev–Trinajstić information content (AvgIpc) is 2.16. The van der Waals surface area contributed by atoms with E-state index in [4.69, 9.17) is 0 Å².